The highest BCUT2D eigenvalue weighted by Gasteiger charge is 2.24. The van der Waals surface area contributed by atoms with Crippen molar-refractivity contribution in [3.05, 3.63) is 35.4 Å². The third-order valence-corrected chi connectivity index (χ3v) is 5.34. The van der Waals surface area contributed by atoms with Gasteiger partial charge in [0.25, 0.3) is 0 Å². The first-order valence-electron chi connectivity index (χ1n) is 7.46. The molecule has 0 radical (unpaired) electrons. The second-order valence-electron chi connectivity index (χ2n) is 5.26. The van der Waals surface area contributed by atoms with Gasteiger partial charge in [0.2, 0.25) is 10.0 Å². The molecule has 1 saturated heterocycles. The summed E-state index contributed by atoms with van der Waals surface area (Å²) in [5, 5.41) is 3.33. The molecule has 0 unspecified atom stereocenters. The van der Waals surface area contributed by atoms with E-state index in [1.165, 1.54) is 9.87 Å². The lowest BCUT2D eigenvalue weighted by atomic mass is 10.1. The lowest BCUT2D eigenvalue weighted by Gasteiger charge is -2.26. The Morgan fingerprint density at radius 2 is 1.76 bits per heavy atom. The quantitative estimate of drug-likeness (QED) is 0.772. The van der Waals surface area contributed by atoms with E-state index >= 15 is 0 Å². The summed E-state index contributed by atoms with van der Waals surface area (Å²) in [7, 11) is -3.23. The van der Waals surface area contributed by atoms with Crippen LogP contribution in [0.5, 0.6) is 0 Å². The molecule has 1 aliphatic heterocycles. The van der Waals surface area contributed by atoms with E-state index in [2.05, 4.69) is 12.2 Å². The van der Waals surface area contributed by atoms with Gasteiger partial charge in [0, 0.05) is 19.6 Å². The van der Waals surface area contributed by atoms with E-state index in [0.717, 1.165) is 25.1 Å². The highest BCUT2D eigenvalue weighted by atomic mass is 32.2. The molecule has 0 amide bonds. The van der Waals surface area contributed by atoms with E-state index < -0.39 is 10.0 Å². The number of hydrogen-bond acceptors (Lipinski definition) is 4. The third kappa shape index (κ3) is 5.07. The zero-order valence-electron chi connectivity index (χ0n) is 12.5. The summed E-state index contributed by atoms with van der Waals surface area (Å²) in [4.78, 5) is 0. The number of hydrogen-bond donors (Lipinski definition) is 1. The van der Waals surface area contributed by atoms with Gasteiger partial charge in [-0.2, -0.15) is 4.31 Å². The molecule has 21 heavy (non-hydrogen) atoms. The van der Waals surface area contributed by atoms with E-state index in [9.17, 15) is 8.42 Å². The first-order chi connectivity index (χ1) is 10.1. The Kier molecular flexibility index (Phi) is 6.17. The molecule has 6 heteroatoms. The molecule has 0 aromatic heterocycles. The number of nitrogens with one attached hydrogen (secondary N) is 1. The smallest absolute Gasteiger partial charge is 0.218 e. The SMILES string of the molecule is CCCNCc1ccc(CS(=O)(=O)N2CCOCC2)cc1. The second kappa shape index (κ2) is 7.89. The van der Waals surface area contributed by atoms with Crippen LogP contribution in [-0.2, 0) is 27.1 Å². The maximum absolute atomic E-state index is 12.3. The summed E-state index contributed by atoms with van der Waals surface area (Å²) in [5.74, 6) is 0.0651. The number of benzene rings is 1. The zero-order valence-corrected chi connectivity index (χ0v) is 13.4. The van der Waals surface area contributed by atoms with Gasteiger partial charge in [0.15, 0.2) is 0 Å². The van der Waals surface area contributed by atoms with Gasteiger partial charge in [-0.1, -0.05) is 31.2 Å². The average molecular weight is 312 g/mol. The molecule has 1 N–H and O–H groups in total. The monoisotopic (exact) mass is 312 g/mol. The molecule has 5 nitrogen and oxygen atoms in total. The van der Waals surface area contributed by atoms with Crippen LogP contribution in [0.1, 0.15) is 24.5 Å². The number of nitrogens with zero attached hydrogens (tertiary/aromatic N) is 1. The second-order valence-corrected chi connectivity index (χ2v) is 7.23. The Hall–Kier alpha value is -0.950. The van der Waals surface area contributed by atoms with Gasteiger partial charge in [0.1, 0.15) is 0 Å². The Morgan fingerprint density at radius 1 is 1.14 bits per heavy atom. The first-order valence-corrected chi connectivity index (χ1v) is 9.07. The number of morpholine rings is 1. The molecule has 1 fully saturated rings. The van der Waals surface area contributed by atoms with Crippen LogP contribution in [0.25, 0.3) is 0 Å². The summed E-state index contributed by atoms with van der Waals surface area (Å²) < 4.78 is 31.3. The molecular weight excluding hydrogens is 288 g/mol. The molecule has 1 aliphatic rings. The van der Waals surface area contributed by atoms with Gasteiger partial charge in [-0.3, -0.25) is 0 Å². The van der Waals surface area contributed by atoms with Crippen molar-refractivity contribution in [2.24, 2.45) is 0 Å². The third-order valence-electron chi connectivity index (χ3n) is 3.49. The van der Waals surface area contributed by atoms with Gasteiger partial charge < -0.3 is 10.1 Å². The van der Waals surface area contributed by atoms with Crippen molar-refractivity contribution in [3.8, 4) is 0 Å². The lowest BCUT2D eigenvalue weighted by Crippen LogP contribution is -2.41. The minimum atomic E-state index is -3.23. The van der Waals surface area contributed by atoms with Crippen LogP contribution in [-0.4, -0.2) is 45.6 Å². The Balaban J connectivity index is 1.92. The van der Waals surface area contributed by atoms with Crippen LogP contribution in [0.15, 0.2) is 24.3 Å². The summed E-state index contributed by atoms with van der Waals surface area (Å²) in [6, 6.07) is 7.79. The Labute approximate surface area is 127 Å². The molecule has 0 spiro atoms. The molecule has 1 heterocycles. The molecule has 0 bridgehead atoms. The summed E-state index contributed by atoms with van der Waals surface area (Å²) >= 11 is 0. The van der Waals surface area contributed by atoms with E-state index in [0.29, 0.717) is 26.3 Å². The molecule has 0 atom stereocenters. The Morgan fingerprint density at radius 3 is 2.38 bits per heavy atom. The van der Waals surface area contributed by atoms with Crippen LogP contribution in [0.4, 0.5) is 0 Å². The highest BCUT2D eigenvalue weighted by molar-refractivity contribution is 7.88. The van der Waals surface area contributed by atoms with Crippen molar-refractivity contribution in [2.75, 3.05) is 32.8 Å². The van der Waals surface area contributed by atoms with E-state index in [-0.39, 0.29) is 5.75 Å². The largest absolute Gasteiger partial charge is 0.379 e. The summed E-state index contributed by atoms with van der Waals surface area (Å²) in [5.41, 5.74) is 2.01. The van der Waals surface area contributed by atoms with Crippen LogP contribution >= 0.6 is 0 Å². The lowest BCUT2D eigenvalue weighted by molar-refractivity contribution is 0.0729. The van der Waals surface area contributed by atoms with Gasteiger partial charge in [-0.25, -0.2) is 8.42 Å². The molecule has 1 aromatic rings. The normalized spacial score (nSPS) is 17.0. The maximum Gasteiger partial charge on any atom is 0.218 e. The summed E-state index contributed by atoms with van der Waals surface area (Å²) in [6.07, 6.45) is 1.11. The van der Waals surface area contributed by atoms with Gasteiger partial charge >= 0.3 is 0 Å². The predicted molar refractivity (Wildman–Crippen MR) is 83.5 cm³/mol. The molecule has 1 aromatic carbocycles. The fraction of sp³-hybridized carbons (Fsp3) is 0.600. The van der Waals surface area contributed by atoms with Crippen LogP contribution in [0.2, 0.25) is 0 Å². The Bertz CT molecular complexity index is 522. The average Bonchev–Trinajstić information content (AvgIpc) is 2.50. The van der Waals surface area contributed by atoms with E-state index in [4.69, 9.17) is 4.74 Å². The standard InChI is InChI=1S/C15H24N2O3S/c1-2-7-16-12-14-3-5-15(6-4-14)13-21(18,19)17-8-10-20-11-9-17/h3-6,16H,2,7-13H2,1H3. The van der Waals surface area contributed by atoms with Crippen molar-refractivity contribution in [3.63, 3.8) is 0 Å². The zero-order chi connectivity index (χ0) is 15.1. The fourth-order valence-corrected chi connectivity index (χ4v) is 3.79. The molecular formula is C15H24N2O3S. The van der Waals surface area contributed by atoms with Gasteiger partial charge in [-0.05, 0) is 24.1 Å². The molecule has 118 valence electrons. The maximum atomic E-state index is 12.3. The van der Waals surface area contributed by atoms with Crippen molar-refractivity contribution >= 4 is 10.0 Å². The minimum Gasteiger partial charge on any atom is -0.379 e. The van der Waals surface area contributed by atoms with Crippen LogP contribution in [0, 0.1) is 0 Å². The number of sulfonamides is 1. The van der Waals surface area contributed by atoms with Crippen molar-refractivity contribution < 1.29 is 13.2 Å². The highest BCUT2D eigenvalue weighted by Crippen LogP contribution is 2.13. The van der Waals surface area contributed by atoms with Crippen LogP contribution in [0.3, 0.4) is 0 Å². The predicted octanol–water partition coefficient (Wildman–Crippen LogP) is 1.35. The van der Waals surface area contributed by atoms with E-state index in [1.54, 1.807) is 0 Å². The van der Waals surface area contributed by atoms with Crippen molar-refractivity contribution in [1.82, 2.24) is 9.62 Å². The number of rotatable bonds is 7. The topological polar surface area (TPSA) is 58.6 Å². The first kappa shape index (κ1) is 16.4. The molecule has 2 rings (SSSR count). The minimum absolute atomic E-state index is 0.0651. The van der Waals surface area contributed by atoms with Gasteiger partial charge in [0.05, 0.1) is 19.0 Å². The van der Waals surface area contributed by atoms with Crippen molar-refractivity contribution in [2.45, 2.75) is 25.6 Å². The fourth-order valence-electron chi connectivity index (χ4n) is 2.29. The van der Waals surface area contributed by atoms with Crippen molar-refractivity contribution in [1.29, 1.82) is 0 Å². The number of ether oxygens (including phenoxy) is 1. The van der Waals surface area contributed by atoms with Crippen LogP contribution < -0.4 is 5.32 Å². The summed E-state index contributed by atoms with van der Waals surface area (Å²) in [6.45, 7) is 5.84. The molecule has 0 aliphatic carbocycles. The van der Waals surface area contributed by atoms with Gasteiger partial charge in [-0.15, -0.1) is 0 Å². The van der Waals surface area contributed by atoms with E-state index in [1.807, 2.05) is 24.3 Å². The molecule has 0 saturated carbocycles.